The number of Topliss-reactive ketones (excluding diaryl/α,β-unsaturated/α-hetero) is 1. The second-order valence-electron chi connectivity index (χ2n) is 4.72. The number of ketones is 1. The summed E-state index contributed by atoms with van der Waals surface area (Å²) in [5.41, 5.74) is 0.593. The van der Waals surface area contributed by atoms with Gasteiger partial charge in [-0.1, -0.05) is 18.2 Å². The standard InChI is InChI=1S/C15H18O3/c16-13-8-4-10-14(11-5-9-13)18-15(17)12-6-2-1-3-7-12/h1-3,6-7,14H,4-5,8-11H2. The fourth-order valence-corrected chi connectivity index (χ4v) is 2.23. The normalized spacial score (nSPS) is 17.9. The van der Waals surface area contributed by atoms with Crippen LogP contribution in [0.4, 0.5) is 0 Å². The first-order valence-corrected chi connectivity index (χ1v) is 6.53. The smallest absolute Gasteiger partial charge is 0.338 e. The van der Waals surface area contributed by atoms with Crippen molar-refractivity contribution in [3.63, 3.8) is 0 Å². The van der Waals surface area contributed by atoms with Crippen LogP contribution in [-0.4, -0.2) is 17.9 Å². The quantitative estimate of drug-likeness (QED) is 0.753. The molecule has 3 nitrogen and oxygen atoms in total. The molecule has 1 aromatic rings. The Morgan fingerprint density at radius 2 is 1.67 bits per heavy atom. The molecule has 0 bridgehead atoms. The molecule has 0 saturated heterocycles. The Balaban J connectivity index is 1.89. The SMILES string of the molecule is O=C1CCCC(OC(=O)c2ccccc2)CCC1. The monoisotopic (exact) mass is 246 g/mol. The van der Waals surface area contributed by atoms with Gasteiger partial charge in [0.15, 0.2) is 0 Å². The number of ether oxygens (including phenoxy) is 1. The topological polar surface area (TPSA) is 43.4 Å². The zero-order chi connectivity index (χ0) is 12.8. The van der Waals surface area contributed by atoms with Crippen LogP contribution in [0.2, 0.25) is 0 Å². The highest BCUT2D eigenvalue weighted by molar-refractivity contribution is 5.89. The van der Waals surface area contributed by atoms with Crippen molar-refractivity contribution in [2.45, 2.75) is 44.6 Å². The third kappa shape index (κ3) is 3.69. The predicted molar refractivity (Wildman–Crippen MR) is 68.4 cm³/mol. The zero-order valence-electron chi connectivity index (χ0n) is 10.4. The minimum Gasteiger partial charge on any atom is -0.459 e. The van der Waals surface area contributed by atoms with Crippen LogP contribution in [-0.2, 0) is 9.53 Å². The van der Waals surface area contributed by atoms with Gasteiger partial charge in [0.1, 0.15) is 11.9 Å². The second kappa shape index (κ2) is 6.34. The highest BCUT2D eigenvalue weighted by Gasteiger charge is 2.18. The van der Waals surface area contributed by atoms with Gasteiger partial charge in [-0.3, -0.25) is 4.79 Å². The van der Waals surface area contributed by atoms with Gasteiger partial charge in [-0.2, -0.15) is 0 Å². The van der Waals surface area contributed by atoms with Crippen molar-refractivity contribution in [2.75, 3.05) is 0 Å². The van der Waals surface area contributed by atoms with Crippen molar-refractivity contribution in [1.29, 1.82) is 0 Å². The maximum absolute atomic E-state index is 11.9. The van der Waals surface area contributed by atoms with Crippen molar-refractivity contribution in [3.8, 4) is 0 Å². The molecule has 0 aliphatic heterocycles. The van der Waals surface area contributed by atoms with Crippen LogP contribution >= 0.6 is 0 Å². The number of carbonyl (C=O) groups is 2. The van der Waals surface area contributed by atoms with Gasteiger partial charge < -0.3 is 4.74 Å². The third-order valence-corrected chi connectivity index (χ3v) is 3.25. The van der Waals surface area contributed by atoms with Crippen molar-refractivity contribution >= 4 is 11.8 Å². The van der Waals surface area contributed by atoms with Gasteiger partial charge in [0.2, 0.25) is 0 Å². The first-order valence-electron chi connectivity index (χ1n) is 6.53. The van der Waals surface area contributed by atoms with Crippen LogP contribution in [0.15, 0.2) is 30.3 Å². The van der Waals surface area contributed by atoms with E-state index in [-0.39, 0.29) is 12.1 Å². The van der Waals surface area contributed by atoms with E-state index in [0.717, 1.165) is 25.7 Å². The molecule has 0 spiro atoms. The number of esters is 1. The number of benzene rings is 1. The largest absolute Gasteiger partial charge is 0.459 e. The molecule has 0 unspecified atom stereocenters. The molecule has 0 N–H and O–H groups in total. The molecule has 96 valence electrons. The molecule has 18 heavy (non-hydrogen) atoms. The summed E-state index contributed by atoms with van der Waals surface area (Å²) in [6, 6.07) is 9.04. The number of hydrogen-bond acceptors (Lipinski definition) is 3. The second-order valence-corrected chi connectivity index (χ2v) is 4.72. The Morgan fingerprint density at radius 1 is 1.06 bits per heavy atom. The van der Waals surface area contributed by atoms with Gasteiger partial charge >= 0.3 is 5.97 Å². The molecule has 0 radical (unpaired) electrons. The van der Waals surface area contributed by atoms with Crippen LogP contribution < -0.4 is 0 Å². The maximum Gasteiger partial charge on any atom is 0.338 e. The average Bonchev–Trinajstić information content (AvgIpc) is 2.37. The van der Waals surface area contributed by atoms with Gasteiger partial charge in [0, 0.05) is 12.8 Å². The highest BCUT2D eigenvalue weighted by atomic mass is 16.5. The first kappa shape index (κ1) is 12.8. The van der Waals surface area contributed by atoms with Crippen LogP contribution in [0.25, 0.3) is 0 Å². The van der Waals surface area contributed by atoms with Gasteiger partial charge in [-0.05, 0) is 37.8 Å². The van der Waals surface area contributed by atoms with E-state index in [1.807, 2.05) is 18.2 Å². The molecule has 0 amide bonds. The molecule has 1 saturated carbocycles. The van der Waals surface area contributed by atoms with Crippen molar-refractivity contribution in [3.05, 3.63) is 35.9 Å². The van der Waals surface area contributed by atoms with Crippen molar-refractivity contribution in [2.24, 2.45) is 0 Å². The van der Waals surface area contributed by atoms with E-state index < -0.39 is 0 Å². The third-order valence-electron chi connectivity index (χ3n) is 3.25. The van der Waals surface area contributed by atoms with E-state index in [9.17, 15) is 9.59 Å². The molecule has 3 heteroatoms. The molecule has 2 rings (SSSR count). The summed E-state index contributed by atoms with van der Waals surface area (Å²) in [5, 5.41) is 0. The molecule has 1 fully saturated rings. The van der Waals surface area contributed by atoms with Crippen molar-refractivity contribution < 1.29 is 14.3 Å². The van der Waals surface area contributed by atoms with Gasteiger partial charge in [0.25, 0.3) is 0 Å². The fraction of sp³-hybridized carbons (Fsp3) is 0.467. The number of rotatable bonds is 2. The molecule has 1 aliphatic rings. The summed E-state index contributed by atoms with van der Waals surface area (Å²) < 4.78 is 5.50. The molecular weight excluding hydrogens is 228 g/mol. The Bertz CT molecular complexity index is 399. The molecule has 0 atom stereocenters. The lowest BCUT2D eigenvalue weighted by Gasteiger charge is -2.19. The minimum atomic E-state index is -0.257. The summed E-state index contributed by atoms with van der Waals surface area (Å²) in [7, 11) is 0. The van der Waals surface area contributed by atoms with E-state index in [1.54, 1.807) is 12.1 Å². The average molecular weight is 246 g/mol. The lowest BCUT2D eigenvalue weighted by molar-refractivity contribution is -0.119. The van der Waals surface area contributed by atoms with Gasteiger partial charge in [-0.25, -0.2) is 4.79 Å². The van der Waals surface area contributed by atoms with Gasteiger partial charge in [-0.15, -0.1) is 0 Å². The fourth-order valence-electron chi connectivity index (χ4n) is 2.23. The van der Waals surface area contributed by atoms with E-state index in [4.69, 9.17) is 4.74 Å². The summed E-state index contributed by atoms with van der Waals surface area (Å²) in [6.07, 6.45) is 4.45. The van der Waals surface area contributed by atoms with E-state index >= 15 is 0 Å². The van der Waals surface area contributed by atoms with Crippen molar-refractivity contribution in [1.82, 2.24) is 0 Å². The van der Waals surface area contributed by atoms with E-state index in [1.165, 1.54) is 0 Å². The Labute approximate surface area is 107 Å². The maximum atomic E-state index is 11.9. The Hall–Kier alpha value is -1.64. The highest BCUT2D eigenvalue weighted by Crippen LogP contribution is 2.19. The summed E-state index contributed by atoms with van der Waals surface area (Å²) >= 11 is 0. The van der Waals surface area contributed by atoms with Crippen LogP contribution in [0, 0.1) is 0 Å². The van der Waals surface area contributed by atoms with E-state index in [0.29, 0.717) is 24.2 Å². The number of carbonyl (C=O) groups excluding carboxylic acids is 2. The molecule has 1 aliphatic carbocycles. The molecule has 0 aromatic heterocycles. The molecular formula is C15H18O3. The van der Waals surface area contributed by atoms with Crippen LogP contribution in [0.1, 0.15) is 48.9 Å². The van der Waals surface area contributed by atoms with Crippen LogP contribution in [0.3, 0.4) is 0 Å². The zero-order valence-corrected chi connectivity index (χ0v) is 10.4. The number of hydrogen-bond donors (Lipinski definition) is 0. The molecule has 1 aromatic carbocycles. The Morgan fingerprint density at radius 3 is 2.28 bits per heavy atom. The minimum absolute atomic E-state index is 0.0363. The molecule has 0 heterocycles. The lowest BCUT2D eigenvalue weighted by Crippen LogP contribution is -2.20. The van der Waals surface area contributed by atoms with E-state index in [2.05, 4.69) is 0 Å². The summed E-state index contributed by atoms with van der Waals surface area (Å²) in [5.74, 6) is 0.0790. The predicted octanol–water partition coefficient (Wildman–Crippen LogP) is 3.14. The summed E-state index contributed by atoms with van der Waals surface area (Å²) in [6.45, 7) is 0. The summed E-state index contributed by atoms with van der Waals surface area (Å²) in [4.78, 5) is 23.2. The van der Waals surface area contributed by atoms with Gasteiger partial charge in [0.05, 0.1) is 5.56 Å². The Kier molecular flexibility index (Phi) is 4.51. The first-order chi connectivity index (χ1) is 8.75. The van der Waals surface area contributed by atoms with Crippen LogP contribution in [0.5, 0.6) is 0 Å². The lowest BCUT2D eigenvalue weighted by atomic mass is 9.97.